The van der Waals surface area contributed by atoms with Crippen LogP contribution in [0.25, 0.3) is 6.08 Å². The van der Waals surface area contributed by atoms with Crippen molar-refractivity contribution in [3.63, 3.8) is 0 Å². The van der Waals surface area contributed by atoms with Crippen LogP contribution in [0.3, 0.4) is 0 Å². The molecule has 0 fully saturated rings. The summed E-state index contributed by atoms with van der Waals surface area (Å²) in [5.74, 6) is 0.532. The zero-order valence-electron chi connectivity index (χ0n) is 14.4. The van der Waals surface area contributed by atoms with Gasteiger partial charge in [0.25, 0.3) is 5.91 Å². The van der Waals surface area contributed by atoms with Crippen LogP contribution < -0.4 is 14.8 Å². The molecule has 0 saturated carbocycles. The highest BCUT2D eigenvalue weighted by atomic mass is 19.1. The first-order valence-corrected chi connectivity index (χ1v) is 8.07. The van der Waals surface area contributed by atoms with Crippen LogP contribution in [0.5, 0.6) is 11.5 Å². The average molecular weight is 343 g/mol. The number of methoxy groups -OCH3 is 1. The molecule has 2 aromatic carbocycles. The van der Waals surface area contributed by atoms with Gasteiger partial charge >= 0.3 is 0 Å². The zero-order chi connectivity index (χ0) is 18.1. The first kappa shape index (κ1) is 18.5. The molecule has 1 N–H and O–H groups in total. The lowest BCUT2D eigenvalue weighted by molar-refractivity contribution is -0.123. The van der Waals surface area contributed by atoms with Gasteiger partial charge in [0, 0.05) is 6.54 Å². The lowest BCUT2D eigenvalue weighted by atomic mass is 10.1. The molecule has 0 unspecified atom stereocenters. The summed E-state index contributed by atoms with van der Waals surface area (Å²) in [7, 11) is 1.55. The number of nitrogens with one attached hydrogen (secondary N) is 1. The number of carbonyl (C=O) groups excluding carboxylic acids is 1. The third-order valence-electron chi connectivity index (χ3n) is 3.58. The van der Waals surface area contributed by atoms with Crippen molar-refractivity contribution in [2.45, 2.75) is 13.3 Å². The fourth-order valence-corrected chi connectivity index (χ4v) is 2.33. The van der Waals surface area contributed by atoms with Gasteiger partial charge in [0.05, 0.1) is 7.11 Å². The van der Waals surface area contributed by atoms with Crippen LogP contribution in [0.4, 0.5) is 4.39 Å². The molecule has 0 heterocycles. The summed E-state index contributed by atoms with van der Waals surface area (Å²) in [6.45, 7) is 2.15. The first-order chi connectivity index (χ1) is 12.1. The van der Waals surface area contributed by atoms with E-state index in [1.807, 2.05) is 31.2 Å². The molecule has 0 spiro atoms. The van der Waals surface area contributed by atoms with E-state index in [2.05, 4.69) is 5.32 Å². The lowest BCUT2D eigenvalue weighted by Crippen LogP contribution is -2.30. The van der Waals surface area contributed by atoms with E-state index in [0.717, 1.165) is 5.56 Å². The molecule has 0 aromatic heterocycles. The Morgan fingerprint density at radius 1 is 1.20 bits per heavy atom. The van der Waals surface area contributed by atoms with Gasteiger partial charge in [-0.3, -0.25) is 4.79 Å². The Labute approximate surface area is 147 Å². The van der Waals surface area contributed by atoms with Crippen molar-refractivity contribution in [2.24, 2.45) is 0 Å². The Hall–Kier alpha value is -2.82. The minimum Gasteiger partial charge on any atom is -0.493 e. The van der Waals surface area contributed by atoms with Gasteiger partial charge in [0.1, 0.15) is 5.82 Å². The highest BCUT2D eigenvalue weighted by molar-refractivity contribution is 5.77. The van der Waals surface area contributed by atoms with Gasteiger partial charge in [-0.25, -0.2) is 4.39 Å². The van der Waals surface area contributed by atoms with Gasteiger partial charge in [0.15, 0.2) is 18.1 Å². The molecule has 0 aliphatic rings. The molecule has 0 radical (unpaired) electrons. The van der Waals surface area contributed by atoms with Crippen molar-refractivity contribution in [2.75, 3.05) is 20.3 Å². The SMILES string of the molecule is C/C=C/c1ccc(OCC(=O)NCCc2ccccc2F)c(OC)c1. The minimum atomic E-state index is -0.268. The summed E-state index contributed by atoms with van der Waals surface area (Å²) >= 11 is 0. The molecule has 2 aromatic rings. The molecule has 0 atom stereocenters. The summed E-state index contributed by atoms with van der Waals surface area (Å²) in [5.41, 5.74) is 1.56. The van der Waals surface area contributed by atoms with E-state index in [0.29, 0.717) is 30.0 Å². The van der Waals surface area contributed by atoms with E-state index in [9.17, 15) is 9.18 Å². The number of hydrogen-bond donors (Lipinski definition) is 1. The van der Waals surface area contributed by atoms with Crippen LogP contribution in [-0.2, 0) is 11.2 Å². The summed E-state index contributed by atoms with van der Waals surface area (Å²) in [6, 6.07) is 12.0. The largest absolute Gasteiger partial charge is 0.493 e. The van der Waals surface area contributed by atoms with Crippen molar-refractivity contribution >= 4 is 12.0 Å². The molecule has 0 aliphatic heterocycles. The number of allylic oxidation sites excluding steroid dienone is 1. The predicted octanol–water partition coefficient (Wildman–Crippen LogP) is 3.61. The molecule has 132 valence electrons. The normalized spacial score (nSPS) is 10.7. The molecule has 0 aliphatic carbocycles. The fraction of sp³-hybridized carbons (Fsp3) is 0.250. The lowest BCUT2D eigenvalue weighted by Gasteiger charge is -2.11. The second-order valence-electron chi connectivity index (χ2n) is 5.39. The van der Waals surface area contributed by atoms with E-state index >= 15 is 0 Å². The maximum absolute atomic E-state index is 13.5. The van der Waals surface area contributed by atoms with Crippen LogP contribution in [-0.4, -0.2) is 26.2 Å². The molecule has 4 nitrogen and oxygen atoms in total. The van der Waals surface area contributed by atoms with Crippen molar-refractivity contribution in [3.8, 4) is 11.5 Å². The van der Waals surface area contributed by atoms with E-state index in [-0.39, 0.29) is 18.3 Å². The van der Waals surface area contributed by atoms with Gasteiger partial charge in [-0.15, -0.1) is 0 Å². The molecular formula is C20H22FNO3. The first-order valence-electron chi connectivity index (χ1n) is 8.07. The molecule has 2 rings (SSSR count). The Bertz CT molecular complexity index is 743. The standard InChI is InChI=1S/C20H22FNO3/c1-3-6-15-9-10-18(19(13-15)24-2)25-14-20(23)22-12-11-16-7-4-5-8-17(16)21/h3-10,13H,11-12,14H2,1-2H3,(H,22,23)/b6-3+. The summed E-state index contributed by atoms with van der Waals surface area (Å²) in [6.07, 6.45) is 4.31. The van der Waals surface area contributed by atoms with Crippen LogP contribution in [0.1, 0.15) is 18.1 Å². The number of ether oxygens (including phenoxy) is 2. The third-order valence-corrected chi connectivity index (χ3v) is 3.58. The zero-order valence-corrected chi connectivity index (χ0v) is 14.4. The summed E-state index contributed by atoms with van der Waals surface area (Å²) in [5, 5.41) is 2.72. The number of carbonyl (C=O) groups is 1. The second kappa shape index (κ2) is 9.47. The van der Waals surface area contributed by atoms with Gasteiger partial charge < -0.3 is 14.8 Å². The number of hydrogen-bond acceptors (Lipinski definition) is 3. The Balaban J connectivity index is 1.82. The van der Waals surface area contributed by atoms with E-state index < -0.39 is 0 Å². The Kier molecular flexibility index (Phi) is 7.01. The van der Waals surface area contributed by atoms with E-state index in [4.69, 9.17) is 9.47 Å². The van der Waals surface area contributed by atoms with Gasteiger partial charge in [-0.2, -0.15) is 0 Å². The maximum atomic E-state index is 13.5. The van der Waals surface area contributed by atoms with Crippen molar-refractivity contribution in [1.29, 1.82) is 0 Å². The minimum absolute atomic E-state index is 0.128. The van der Waals surface area contributed by atoms with Gasteiger partial charge in [-0.05, 0) is 42.7 Å². The molecule has 1 amide bonds. The van der Waals surface area contributed by atoms with Crippen LogP contribution >= 0.6 is 0 Å². The fourth-order valence-electron chi connectivity index (χ4n) is 2.33. The topological polar surface area (TPSA) is 47.6 Å². The third kappa shape index (κ3) is 5.64. The number of halogens is 1. The Morgan fingerprint density at radius 3 is 2.72 bits per heavy atom. The van der Waals surface area contributed by atoms with E-state index in [1.54, 1.807) is 31.4 Å². The van der Waals surface area contributed by atoms with E-state index in [1.165, 1.54) is 6.07 Å². The Morgan fingerprint density at radius 2 is 2.00 bits per heavy atom. The van der Waals surface area contributed by atoms with Crippen molar-refractivity contribution in [3.05, 3.63) is 65.5 Å². The molecule has 25 heavy (non-hydrogen) atoms. The molecular weight excluding hydrogens is 321 g/mol. The monoisotopic (exact) mass is 343 g/mol. The smallest absolute Gasteiger partial charge is 0.257 e. The summed E-state index contributed by atoms with van der Waals surface area (Å²) in [4.78, 5) is 11.9. The quantitative estimate of drug-likeness (QED) is 0.797. The van der Waals surface area contributed by atoms with Crippen LogP contribution in [0.2, 0.25) is 0 Å². The maximum Gasteiger partial charge on any atom is 0.257 e. The van der Waals surface area contributed by atoms with Crippen molar-refractivity contribution < 1.29 is 18.7 Å². The van der Waals surface area contributed by atoms with Crippen LogP contribution in [0, 0.1) is 5.82 Å². The second-order valence-corrected chi connectivity index (χ2v) is 5.39. The molecule has 0 bridgehead atoms. The molecule has 0 saturated heterocycles. The number of rotatable bonds is 8. The molecule has 5 heteroatoms. The average Bonchev–Trinajstić information content (AvgIpc) is 2.62. The van der Waals surface area contributed by atoms with Crippen LogP contribution in [0.15, 0.2) is 48.5 Å². The van der Waals surface area contributed by atoms with Crippen molar-refractivity contribution in [1.82, 2.24) is 5.32 Å². The summed E-state index contributed by atoms with van der Waals surface area (Å²) < 4.78 is 24.3. The highest BCUT2D eigenvalue weighted by Crippen LogP contribution is 2.28. The number of amides is 1. The number of benzene rings is 2. The predicted molar refractivity (Wildman–Crippen MR) is 96.3 cm³/mol. The van der Waals surface area contributed by atoms with Gasteiger partial charge in [0.2, 0.25) is 0 Å². The highest BCUT2D eigenvalue weighted by Gasteiger charge is 2.08. The van der Waals surface area contributed by atoms with Gasteiger partial charge in [-0.1, -0.05) is 36.4 Å².